The molecular weight excluding hydrogens is 484 g/mol. The Labute approximate surface area is 240 Å². The van der Waals surface area contributed by atoms with E-state index in [9.17, 15) is 0 Å². The molecular formula is C38H40N2. The van der Waals surface area contributed by atoms with E-state index in [1.165, 1.54) is 23.6 Å². The van der Waals surface area contributed by atoms with Crippen LogP contribution in [-0.2, 0) is 0 Å². The van der Waals surface area contributed by atoms with Crippen molar-refractivity contribution in [3.8, 4) is 0 Å². The highest BCUT2D eigenvalue weighted by Crippen LogP contribution is 2.26. The zero-order valence-corrected chi connectivity index (χ0v) is 23.3. The molecule has 2 N–H and O–H groups in total. The largest absolute Gasteiger partial charge is 0.356 e. The van der Waals surface area contributed by atoms with Crippen LogP contribution >= 0.6 is 0 Å². The molecule has 0 heterocycles. The molecule has 0 atom stereocenters. The summed E-state index contributed by atoms with van der Waals surface area (Å²) in [4.78, 5) is 0. The first kappa shape index (κ1) is 29.7. The van der Waals surface area contributed by atoms with Gasteiger partial charge in [0.05, 0.1) is 0 Å². The Morgan fingerprint density at radius 1 is 0.675 bits per heavy atom. The lowest BCUT2D eigenvalue weighted by Gasteiger charge is -2.09. The van der Waals surface area contributed by atoms with Gasteiger partial charge in [-0.2, -0.15) is 0 Å². The number of hydrogen-bond donors (Lipinski definition) is 2. The summed E-state index contributed by atoms with van der Waals surface area (Å²) in [6.07, 6.45) is 22.9. The summed E-state index contributed by atoms with van der Waals surface area (Å²) >= 11 is 0. The zero-order chi connectivity index (χ0) is 28.1. The van der Waals surface area contributed by atoms with Crippen molar-refractivity contribution in [3.05, 3.63) is 177 Å². The van der Waals surface area contributed by atoms with Crippen LogP contribution in [0.4, 0.5) is 17.1 Å². The van der Waals surface area contributed by atoms with Gasteiger partial charge in [-0.05, 0) is 73.6 Å². The Morgan fingerprint density at radius 2 is 1.30 bits per heavy atom. The first-order valence-electron chi connectivity index (χ1n) is 13.8. The van der Waals surface area contributed by atoms with Crippen molar-refractivity contribution in [2.45, 2.75) is 25.7 Å². The highest BCUT2D eigenvalue weighted by molar-refractivity contribution is 5.95. The minimum Gasteiger partial charge on any atom is -0.356 e. The normalized spacial score (nSPS) is 12.1. The van der Waals surface area contributed by atoms with E-state index >= 15 is 0 Å². The second-order valence-electron chi connectivity index (χ2n) is 9.07. The van der Waals surface area contributed by atoms with E-state index in [4.69, 9.17) is 0 Å². The van der Waals surface area contributed by atoms with E-state index in [0.717, 1.165) is 35.6 Å². The third-order valence-corrected chi connectivity index (χ3v) is 5.92. The van der Waals surface area contributed by atoms with E-state index in [1.54, 1.807) is 6.08 Å². The maximum Gasteiger partial charge on any atom is 0.0463 e. The second kappa shape index (κ2) is 18.4. The number of benzene rings is 4. The third-order valence-electron chi connectivity index (χ3n) is 5.92. The molecule has 0 unspecified atom stereocenters. The van der Waals surface area contributed by atoms with E-state index < -0.39 is 0 Å². The molecule has 0 aromatic heterocycles. The SMILES string of the molecule is C1=CCCC=C1.C=C/C=C(\C=C\CCC=C)Nc1ccccc1.c1ccc(Nc2cccc3ccccc23)cc1. The van der Waals surface area contributed by atoms with Crippen LogP contribution < -0.4 is 10.6 Å². The molecule has 1 aliphatic rings. The number of fused-ring (bicyclic) bond motifs is 1. The summed E-state index contributed by atoms with van der Waals surface area (Å²) in [5, 5.41) is 9.29. The summed E-state index contributed by atoms with van der Waals surface area (Å²) in [7, 11) is 0. The van der Waals surface area contributed by atoms with Crippen LogP contribution in [0.25, 0.3) is 10.8 Å². The molecule has 4 aromatic carbocycles. The second-order valence-corrected chi connectivity index (χ2v) is 9.07. The van der Waals surface area contributed by atoms with Gasteiger partial charge >= 0.3 is 0 Å². The van der Waals surface area contributed by atoms with Crippen LogP contribution in [-0.4, -0.2) is 0 Å². The quantitative estimate of drug-likeness (QED) is 0.129. The summed E-state index contributed by atoms with van der Waals surface area (Å²) < 4.78 is 0. The van der Waals surface area contributed by atoms with Gasteiger partial charge in [0, 0.05) is 28.1 Å². The average Bonchev–Trinajstić information content (AvgIpc) is 3.02. The lowest BCUT2D eigenvalue weighted by Crippen LogP contribution is -1.95. The first-order valence-corrected chi connectivity index (χ1v) is 13.8. The standard InChI is InChI=1S/C16H13N.C16H19N.C6H8/c1-2-9-14(10-3-1)17-16-12-6-8-13-7-4-5-11-15(13)16;1-3-5-6-8-12-15(11-4-2)17-16-13-9-7-10-14-16;1-2-4-6-5-3-1/h1-12,17H;3-4,7-14,17H,1-2,5-6H2;1-4H,5-6H2/b;12-8+,15-11+;. The minimum absolute atomic E-state index is 1.00. The Hall–Kier alpha value is -4.82. The van der Waals surface area contributed by atoms with E-state index in [2.05, 4.69) is 115 Å². The summed E-state index contributed by atoms with van der Waals surface area (Å²) in [5.74, 6) is 0. The Bertz CT molecular complexity index is 1390. The van der Waals surface area contributed by atoms with Crippen LogP contribution in [0.2, 0.25) is 0 Å². The van der Waals surface area contributed by atoms with Crippen LogP contribution in [0.15, 0.2) is 177 Å². The van der Waals surface area contributed by atoms with Crippen molar-refractivity contribution in [3.63, 3.8) is 0 Å². The van der Waals surface area contributed by atoms with E-state index in [0.29, 0.717) is 0 Å². The fourth-order valence-electron chi connectivity index (χ4n) is 3.93. The molecule has 2 heteroatoms. The monoisotopic (exact) mass is 524 g/mol. The van der Waals surface area contributed by atoms with Crippen LogP contribution in [0.3, 0.4) is 0 Å². The molecule has 0 fully saturated rings. The number of para-hydroxylation sites is 2. The molecule has 0 radical (unpaired) electrons. The molecule has 40 heavy (non-hydrogen) atoms. The van der Waals surface area contributed by atoms with Gasteiger partial charge in [0.25, 0.3) is 0 Å². The van der Waals surface area contributed by atoms with Crippen LogP contribution in [0.5, 0.6) is 0 Å². The van der Waals surface area contributed by atoms with Gasteiger partial charge in [0.2, 0.25) is 0 Å². The number of rotatable bonds is 9. The fraction of sp³-hybridized carbons (Fsp3) is 0.105. The predicted molar refractivity (Wildman–Crippen MR) is 178 cm³/mol. The van der Waals surface area contributed by atoms with Gasteiger partial charge in [-0.15, -0.1) is 6.58 Å². The topological polar surface area (TPSA) is 24.1 Å². The van der Waals surface area contributed by atoms with Crippen molar-refractivity contribution < 1.29 is 0 Å². The van der Waals surface area contributed by atoms with Gasteiger partial charge in [-0.3, -0.25) is 0 Å². The minimum atomic E-state index is 1.00. The van der Waals surface area contributed by atoms with Crippen molar-refractivity contribution in [1.29, 1.82) is 0 Å². The van der Waals surface area contributed by atoms with Crippen molar-refractivity contribution in [2.24, 2.45) is 0 Å². The molecule has 2 nitrogen and oxygen atoms in total. The molecule has 0 amide bonds. The van der Waals surface area contributed by atoms with Crippen molar-refractivity contribution in [1.82, 2.24) is 0 Å². The number of nitrogens with one attached hydrogen (secondary N) is 2. The Balaban J connectivity index is 0.000000183. The zero-order valence-electron chi connectivity index (χ0n) is 23.3. The van der Waals surface area contributed by atoms with Gasteiger partial charge in [-0.1, -0.05) is 122 Å². The van der Waals surface area contributed by atoms with Gasteiger partial charge in [0.1, 0.15) is 0 Å². The highest BCUT2D eigenvalue weighted by atomic mass is 14.9. The molecule has 4 aromatic rings. The smallest absolute Gasteiger partial charge is 0.0463 e. The number of unbranched alkanes of at least 4 members (excludes halogenated alkanes) is 1. The average molecular weight is 525 g/mol. The molecule has 0 saturated heterocycles. The highest BCUT2D eigenvalue weighted by Gasteiger charge is 1.99. The number of hydrogen-bond acceptors (Lipinski definition) is 2. The molecule has 1 aliphatic carbocycles. The maximum atomic E-state index is 3.72. The number of allylic oxidation sites excluding steroid dienone is 9. The Kier molecular flexibility index (Phi) is 13.7. The molecule has 0 bridgehead atoms. The molecule has 202 valence electrons. The van der Waals surface area contributed by atoms with Gasteiger partial charge in [-0.25, -0.2) is 0 Å². The number of anilines is 3. The third kappa shape index (κ3) is 11.3. The van der Waals surface area contributed by atoms with Crippen LogP contribution in [0, 0.1) is 0 Å². The van der Waals surface area contributed by atoms with Crippen molar-refractivity contribution >= 4 is 27.8 Å². The van der Waals surface area contributed by atoms with E-state index in [-0.39, 0.29) is 0 Å². The summed E-state index contributed by atoms with van der Waals surface area (Å²) in [5.41, 5.74) is 4.38. The van der Waals surface area contributed by atoms with Gasteiger partial charge in [0.15, 0.2) is 0 Å². The first-order chi connectivity index (χ1) is 19.8. The van der Waals surface area contributed by atoms with Crippen molar-refractivity contribution in [2.75, 3.05) is 10.6 Å². The summed E-state index contributed by atoms with van der Waals surface area (Å²) in [6, 6.07) is 35.0. The predicted octanol–water partition coefficient (Wildman–Crippen LogP) is 11.2. The van der Waals surface area contributed by atoms with Gasteiger partial charge < -0.3 is 10.6 Å². The molecule has 5 rings (SSSR count). The Morgan fingerprint density at radius 3 is 1.93 bits per heavy atom. The van der Waals surface area contributed by atoms with Crippen LogP contribution in [0.1, 0.15) is 25.7 Å². The molecule has 0 saturated carbocycles. The fourth-order valence-corrected chi connectivity index (χ4v) is 3.93. The summed E-state index contributed by atoms with van der Waals surface area (Å²) in [6.45, 7) is 7.42. The lowest BCUT2D eigenvalue weighted by molar-refractivity contribution is 1.04. The lowest BCUT2D eigenvalue weighted by atomic mass is 10.1. The van der Waals surface area contributed by atoms with E-state index in [1.807, 2.05) is 60.7 Å². The molecule has 0 spiro atoms. The maximum absolute atomic E-state index is 3.72. The molecule has 0 aliphatic heterocycles.